The maximum absolute atomic E-state index is 12.5. The minimum Gasteiger partial charge on any atom is -0.507 e. The molecule has 0 bridgehead atoms. The Morgan fingerprint density at radius 1 is 1.45 bits per heavy atom. The summed E-state index contributed by atoms with van der Waals surface area (Å²) in [5.74, 6) is -0.707. The highest BCUT2D eigenvalue weighted by atomic mass is 16.5. The molecule has 1 heterocycles. The monoisotopic (exact) mass is 278 g/mol. The highest BCUT2D eigenvalue weighted by Crippen LogP contribution is 2.22. The smallest absolute Gasteiger partial charge is 0.258 e. The second-order valence-electron chi connectivity index (χ2n) is 4.72. The summed E-state index contributed by atoms with van der Waals surface area (Å²) >= 11 is 0. The normalized spacial score (nSPS) is 18.7. The number of benzene rings is 1. The Morgan fingerprint density at radius 2 is 2.20 bits per heavy atom. The van der Waals surface area contributed by atoms with Gasteiger partial charge in [0.25, 0.3) is 5.91 Å². The van der Waals surface area contributed by atoms with E-state index >= 15 is 0 Å². The standard InChI is InChI=1S/C14H18N2O4/c1-9-3-4-10(12(17)7-9)14(19)16-5-6-20-8-11(16)13(18)15-2/h3-4,7,11,17H,5-6,8H2,1-2H3,(H,15,18). The number of aromatic hydroxyl groups is 1. The van der Waals surface area contributed by atoms with Crippen LogP contribution in [0, 0.1) is 6.92 Å². The quantitative estimate of drug-likeness (QED) is 0.815. The van der Waals surface area contributed by atoms with E-state index in [9.17, 15) is 14.7 Å². The van der Waals surface area contributed by atoms with Gasteiger partial charge in [0.05, 0.1) is 18.8 Å². The van der Waals surface area contributed by atoms with Crippen molar-refractivity contribution in [2.45, 2.75) is 13.0 Å². The summed E-state index contributed by atoms with van der Waals surface area (Å²) in [6.45, 7) is 2.70. The molecule has 1 aliphatic rings. The van der Waals surface area contributed by atoms with Crippen molar-refractivity contribution in [3.63, 3.8) is 0 Å². The number of nitrogens with zero attached hydrogens (tertiary/aromatic N) is 1. The number of aryl methyl sites for hydroxylation is 1. The molecular formula is C14H18N2O4. The highest BCUT2D eigenvalue weighted by Gasteiger charge is 2.33. The Kier molecular flexibility index (Phi) is 4.24. The predicted molar refractivity (Wildman–Crippen MR) is 72.6 cm³/mol. The van der Waals surface area contributed by atoms with Gasteiger partial charge in [-0.2, -0.15) is 0 Å². The van der Waals surface area contributed by atoms with Gasteiger partial charge < -0.3 is 20.1 Å². The SMILES string of the molecule is CNC(=O)C1COCCN1C(=O)c1ccc(C)cc1O. The largest absolute Gasteiger partial charge is 0.507 e. The molecule has 1 unspecified atom stereocenters. The number of hydrogen-bond donors (Lipinski definition) is 2. The molecule has 0 radical (unpaired) electrons. The first-order chi connectivity index (χ1) is 9.54. The van der Waals surface area contributed by atoms with Crippen LogP contribution >= 0.6 is 0 Å². The summed E-state index contributed by atoms with van der Waals surface area (Å²) in [6.07, 6.45) is 0. The lowest BCUT2D eigenvalue weighted by molar-refractivity contribution is -0.130. The first kappa shape index (κ1) is 14.3. The van der Waals surface area contributed by atoms with E-state index < -0.39 is 6.04 Å². The van der Waals surface area contributed by atoms with Gasteiger partial charge in [-0.05, 0) is 24.6 Å². The van der Waals surface area contributed by atoms with Gasteiger partial charge >= 0.3 is 0 Å². The molecule has 0 saturated carbocycles. The van der Waals surface area contributed by atoms with E-state index in [1.807, 2.05) is 6.92 Å². The zero-order valence-corrected chi connectivity index (χ0v) is 11.5. The van der Waals surface area contributed by atoms with Crippen molar-refractivity contribution >= 4 is 11.8 Å². The van der Waals surface area contributed by atoms with Gasteiger partial charge in [-0.1, -0.05) is 6.07 Å². The molecule has 20 heavy (non-hydrogen) atoms. The van der Waals surface area contributed by atoms with Crippen LogP contribution in [0.1, 0.15) is 15.9 Å². The van der Waals surface area contributed by atoms with Gasteiger partial charge in [-0.15, -0.1) is 0 Å². The predicted octanol–water partition coefficient (Wildman–Crippen LogP) is 0.288. The van der Waals surface area contributed by atoms with Gasteiger partial charge in [-0.25, -0.2) is 0 Å². The van der Waals surface area contributed by atoms with Crippen LogP contribution in [0.25, 0.3) is 0 Å². The van der Waals surface area contributed by atoms with Crippen molar-refractivity contribution in [3.8, 4) is 5.75 Å². The summed E-state index contributed by atoms with van der Waals surface area (Å²) in [4.78, 5) is 25.7. The van der Waals surface area contributed by atoms with Crippen LogP contribution in [-0.4, -0.2) is 54.7 Å². The number of hydrogen-bond acceptors (Lipinski definition) is 4. The molecule has 2 N–H and O–H groups in total. The second-order valence-corrected chi connectivity index (χ2v) is 4.72. The third kappa shape index (κ3) is 2.75. The number of phenolic OH excluding ortho intramolecular Hbond substituents is 1. The van der Waals surface area contributed by atoms with Crippen LogP contribution in [0.3, 0.4) is 0 Å². The summed E-state index contributed by atoms with van der Waals surface area (Å²) in [6, 6.07) is 4.19. The van der Waals surface area contributed by atoms with Gasteiger partial charge in [0, 0.05) is 13.6 Å². The van der Waals surface area contributed by atoms with Crippen molar-refractivity contribution in [2.75, 3.05) is 26.8 Å². The number of morpholine rings is 1. The maximum atomic E-state index is 12.5. The first-order valence-corrected chi connectivity index (χ1v) is 6.44. The van der Waals surface area contributed by atoms with E-state index in [2.05, 4.69) is 5.32 Å². The van der Waals surface area contributed by atoms with E-state index in [1.165, 1.54) is 18.0 Å². The lowest BCUT2D eigenvalue weighted by atomic mass is 10.1. The number of phenols is 1. The summed E-state index contributed by atoms with van der Waals surface area (Å²) in [5, 5.41) is 12.4. The number of ether oxygens (including phenoxy) is 1. The molecule has 0 aliphatic carbocycles. The third-order valence-corrected chi connectivity index (χ3v) is 3.32. The lowest BCUT2D eigenvalue weighted by Crippen LogP contribution is -2.55. The van der Waals surface area contributed by atoms with Crippen molar-refractivity contribution in [1.29, 1.82) is 0 Å². The van der Waals surface area contributed by atoms with Crippen LogP contribution in [0.2, 0.25) is 0 Å². The Hall–Kier alpha value is -2.08. The van der Waals surface area contributed by atoms with Crippen molar-refractivity contribution in [2.24, 2.45) is 0 Å². The van der Waals surface area contributed by atoms with E-state index in [0.29, 0.717) is 13.2 Å². The maximum Gasteiger partial charge on any atom is 0.258 e. The van der Waals surface area contributed by atoms with E-state index in [1.54, 1.807) is 12.1 Å². The molecule has 6 heteroatoms. The minimum atomic E-state index is -0.665. The van der Waals surface area contributed by atoms with Gasteiger partial charge in [0.15, 0.2) is 0 Å². The van der Waals surface area contributed by atoms with E-state index in [4.69, 9.17) is 4.74 Å². The van der Waals surface area contributed by atoms with Crippen molar-refractivity contribution in [3.05, 3.63) is 29.3 Å². The van der Waals surface area contributed by atoms with E-state index in [-0.39, 0.29) is 29.7 Å². The minimum absolute atomic E-state index is 0.0721. The van der Waals surface area contributed by atoms with Crippen molar-refractivity contribution < 1.29 is 19.4 Å². The summed E-state index contributed by atoms with van der Waals surface area (Å²) in [5.41, 5.74) is 1.07. The summed E-state index contributed by atoms with van der Waals surface area (Å²) < 4.78 is 5.25. The Bertz CT molecular complexity index is 530. The fraction of sp³-hybridized carbons (Fsp3) is 0.429. The van der Waals surface area contributed by atoms with Crippen LogP contribution < -0.4 is 5.32 Å². The van der Waals surface area contributed by atoms with Crippen LogP contribution in [0.15, 0.2) is 18.2 Å². The molecule has 1 aliphatic heterocycles. The van der Waals surface area contributed by atoms with Gasteiger partial charge in [0.1, 0.15) is 11.8 Å². The first-order valence-electron chi connectivity index (χ1n) is 6.44. The Morgan fingerprint density at radius 3 is 2.85 bits per heavy atom. The molecule has 1 aromatic carbocycles. The number of rotatable bonds is 2. The lowest BCUT2D eigenvalue weighted by Gasteiger charge is -2.34. The van der Waals surface area contributed by atoms with Gasteiger partial charge in [0.2, 0.25) is 5.91 Å². The number of amides is 2. The highest BCUT2D eigenvalue weighted by molar-refractivity contribution is 5.99. The number of nitrogens with one attached hydrogen (secondary N) is 1. The molecule has 1 atom stereocenters. The number of likely N-dealkylation sites (N-methyl/N-ethyl adjacent to an activating group) is 1. The van der Waals surface area contributed by atoms with Crippen molar-refractivity contribution in [1.82, 2.24) is 10.2 Å². The number of carbonyl (C=O) groups is 2. The molecule has 2 amide bonds. The molecule has 1 aromatic rings. The van der Waals surface area contributed by atoms with Gasteiger partial charge in [-0.3, -0.25) is 9.59 Å². The molecule has 1 saturated heterocycles. The Balaban J connectivity index is 2.27. The molecular weight excluding hydrogens is 260 g/mol. The average molecular weight is 278 g/mol. The average Bonchev–Trinajstić information content (AvgIpc) is 2.46. The zero-order valence-electron chi connectivity index (χ0n) is 11.5. The molecule has 2 rings (SSSR count). The van der Waals surface area contributed by atoms with E-state index in [0.717, 1.165) is 5.56 Å². The molecule has 0 aromatic heterocycles. The second kappa shape index (κ2) is 5.92. The topological polar surface area (TPSA) is 78.9 Å². The Labute approximate surface area is 117 Å². The molecule has 1 fully saturated rings. The molecule has 6 nitrogen and oxygen atoms in total. The zero-order chi connectivity index (χ0) is 14.7. The van der Waals surface area contributed by atoms with Crippen LogP contribution in [-0.2, 0) is 9.53 Å². The third-order valence-electron chi connectivity index (χ3n) is 3.32. The molecule has 0 spiro atoms. The fourth-order valence-corrected chi connectivity index (χ4v) is 2.21. The summed E-state index contributed by atoms with van der Waals surface area (Å²) in [7, 11) is 1.52. The van der Waals surface area contributed by atoms with Crippen LogP contribution in [0.5, 0.6) is 5.75 Å². The molecule has 108 valence electrons. The van der Waals surface area contributed by atoms with Crippen LogP contribution in [0.4, 0.5) is 0 Å². The fourth-order valence-electron chi connectivity index (χ4n) is 2.21. The number of carbonyl (C=O) groups excluding carboxylic acids is 2.